The van der Waals surface area contributed by atoms with Crippen molar-refractivity contribution in [2.75, 3.05) is 5.32 Å². The third-order valence-electron chi connectivity index (χ3n) is 4.71. The molecule has 2 aromatic carbocycles. The lowest BCUT2D eigenvalue weighted by atomic mass is 9.98. The normalized spacial score (nSPS) is 15.1. The Kier molecular flexibility index (Phi) is 5.58. The lowest BCUT2D eigenvalue weighted by Gasteiger charge is -2.23. The predicted molar refractivity (Wildman–Crippen MR) is 113 cm³/mol. The molecule has 0 spiro atoms. The Morgan fingerprint density at radius 2 is 1.93 bits per heavy atom. The molecule has 1 unspecified atom stereocenters. The zero-order valence-electron chi connectivity index (χ0n) is 16.2. The maximum absolute atomic E-state index is 12.6. The first-order valence-corrected chi connectivity index (χ1v) is 10.3. The highest BCUT2D eigenvalue weighted by molar-refractivity contribution is 7.14. The van der Waals surface area contributed by atoms with Gasteiger partial charge in [0.05, 0.1) is 11.3 Å². The van der Waals surface area contributed by atoms with Crippen molar-refractivity contribution >= 4 is 34.3 Å². The molecule has 2 N–H and O–H groups in total. The monoisotopic (exact) mass is 421 g/mol. The summed E-state index contributed by atoms with van der Waals surface area (Å²) in [6, 6.07) is 14.8. The smallest absolute Gasteiger partial charge is 0.339 e. The van der Waals surface area contributed by atoms with Crippen LogP contribution in [0.5, 0.6) is 0 Å². The second-order valence-corrected chi connectivity index (χ2v) is 7.75. The van der Waals surface area contributed by atoms with Gasteiger partial charge in [-0.1, -0.05) is 42.5 Å². The molecule has 1 aromatic heterocycles. The zero-order chi connectivity index (χ0) is 21.1. The number of cyclic esters (lactones) is 1. The third kappa shape index (κ3) is 4.38. The molecule has 3 aromatic rings. The number of benzene rings is 2. The van der Waals surface area contributed by atoms with Crippen molar-refractivity contribution in [1.82, 2.24) is 10.3 Å². The van der Waals surface area contributed by atoms with Crippen LogP contribution in [-0.4, -0.2) is 28.9 Å². The summed E-state index contributed by atoms with van der Waals surface area (Å²) in [7, 11) is 0. The van der Waals surface area contributed by atoms with Gasteiger partial charge in [-0.05, 0) is 17.2 Å². The van der Waals surface area contributed by atoms with Gasteiger partial charge < -0.3 is 10.1 Å². The molecule has 1 atom stereocenters. The predicted octanol–water partition coefficient (Wildman–Crippen LogP) is 3.17. The molecule has 8 heteroatoms. The first-order valence-electron chi connectivity index (χ1n) is 9.38. The van der Waals surface area contributed by atoms with Gasteiger partial charge in [0.2, 0.25) is 5.91 Å². The number of carbonyl (C=O) groups excluding carboxylic acids is 3. The number of esters is 1. The summed E-state index contributed by atoms with van der Waals surface area (Å²) < 4.78 is 5.29. The lowest BCUT2D eigenvalue weighted by Crippen LogP contribution is -2.37. The fourth-order valence-electron chi connectivity index (χ4n) is 3.15. The van der Waals surface area contributed by atoms with E-state index < -0.39 is 18.0 Å². The van der Waals surface area contributed by atoms with Crippen LogP contribution in [0.3, 0.4) is 0 Å². The SMILES string of the molecule is CC(=O)NCc1ccc(-c2csc(NC(=O)C3Cc4ccccc4C(=O)O3)n2)cc1. The number of ether oxygens (including phenoxy) is 1. The Morgan fingerprint density at radius 3 is 2.70 bits per heavy atom. The van der Waals surface area contributed by atoms with E-state index in [9.17, 15) is 14.4 Å². The van der Waals surface area contributed by atoms with Crippen LogP contribution in [0.15, 0.2) is 53.9 Å². The molecule has 0 bridgehead atoms. The van der Waals surface area contributed by atoms with Crippen LogP contribution in [0.2, 0.25) is 0 Å². The number of nitrogens with one attached hydrogen (secondary N) is 2. The summed E-state index contributed by atoms with van der Waals surface area (Å²) in [5.41, 5.74) is 3.91. The second kappa shape index (κ2) is 8.46. The molecule has 4 rings (SSSR count). The highest BCUT2D eigenvalue weighted by Crippen LogP contribution is 2.26. The van der Waals surface area contributed by atoms with Gasteiger partial charge >= 0.3 is 5.97 Å². The maximum atomic E-state index is 12.6. The van der Waals surface area contributed by atoms with Gasteiger partial charge in [0.1, 0.15) is 0 Å². The number of thiazole rings is 1. The lowest BCUT2D eigenvalue weighted by molar-refractivity contribution is -0.125. The van der Waals surface area contributed by atoms with E-state index in [1.165, 1.54) is 18.3 Å². The van der Waals surface area contributed by atoms with E-state index in [0.717, 1.165) is 22.4 Å². The molecule has 0 saturated heterocycles. The Balaban J connectivity index is 1.40. The Hall–Kier alpha value is -3.52. The minimum Gasteiger partial charge on any atom is -0.448 e. The summed E-state index contributed by atoms with van der Waals surface area (Å²) in [6.07, 6.45) is -0.547. The molecular formula is C22H19N3O4S. The molecule has 0 fully saturated rings. The van der Waals surface area contributed by atoms with E-state index in [0.29, 0.717) is 23.7 Å². The molecule has 1 aliphatic rings. The first-order chi connectivity index (χ1) is 14.5. The van der Waals surface area contributed by atoms with Gasteiger partial charge in [-0.2, -0.15) is 0 Å². The van der Waals surface area contributed by atoms with Gasteiger partial charge in [-0.15, -0.1) is 11.3 Å². The molecule has 30 heavy (non-hydrogen) atoms. The number of hydrogen-bond acceptors (Lipinski definition) is 6. The van der Waals surface area contributed by atoms with E-state index in [2.05, 4.69) is 15.6 Å². The highest BCUT2D eigenvalue weighted by Gasteiger charge is 2.31. The van der Waals surface area contributed by atoms with E-state index in [4.69, 9.17) is 4.74 Å². The molecule has 0 aliphatic carbocycles. The van der Waals surface area contributed by atoms with E-state index in [1.807, 2.05) is 41.8 Å². The quantitative estimate of drug-likeness (QED) is 0.617. The van der Waals surface area contributed by atoms with Crippen molar-refractivity contribution in [3.8, 4) is 11.3 Å². The van der Waals surface area contributed by atoms with Gasteiger partial charge in [0.15, 0.2) is 11.2 Å². The van der Waals surface area contributed by atoms with E-state index in [1.54, 1.807) is 12.1 Å². The summed E-state index contributed by atoms with van der Waals surface area (Å²) in [6.45, 7) is 1.95. The van der Waals surface area contributed by atoms with Crippen molar-refractivity contribution in [2.45, 2.75) is 26.0 Å². The molecule has 2 heterocycles. The Morgan fingerprint density at radius 1 is 1.17 bits per heavy atom. The molecular weight excluding hydrogens is 402 g/mol. The van der Waals surface area contributed by atoms with Gasteiger partial charge in [0, 0.05) is 30.8 Å². The van der Waals surface area contributed by atoms with Crippen LogP contribution in [0.1, 0.15) is 28.4 Å². The number of nitrogens with zero attached hydrogens (tertiary/aromatic N) is 1. The molecule has 1 aliphatic heterocycles. The largest absolute Gasteiger partial charge is 0.448 e. The van der Waals surface area contributed by atoms with E-state index >= 15 is 0 Å². The van der Waals surface area contributed by atoms with Gasteiger partial charge in [0.25, 0.3) is 5.91 Å². The fraction of sp³-hybridized carbons (Fsp3) is 0.182. The summed E-state index contributed by atoms with van der Waals surface area (Å²) in [4.78, 5) is 40.2. The molecule has 152 valence electrons. The number of rotatable bonds is 5. The Labute approximate surface area is 177 Å². The number of fused-ring (bicyclic) bond motifs is 1. The molecule has 0 radical (unpaired) electrons. The first kappa shape index (κ1) is 19.8. The zero-order valence-corrected chi connectivity index (χ0v) is 17.0. The summed E-state index contributed by atoms with van der Waals surface area (Å²) in [5, 5.41) is 7.78. The minimum atomic E-state index is -0.882. The summed E-state index contributed by atoms with van der Waals surface area (Å²) >= 11 is 1.30. The molecule has 0 saturated carbocycles. The van der Waals surface area contributed by atoms with Crippen molar-refractivity contribution in [3.63, 3.8) is 0 Å². The second-order valence-electron chi connectivity index (χ2n) is 6.89. The summed E-state index contributed by atoms with van der Waals surface area (Å²) in [5.74, 6) is -0.966. The van der Waals surface area contributed by atoms with Gasteiger partial charge in [-0.3, -0.25) is 14.9 Å². The van der Waals surface area contributed by atoms with Crippen molar-refractivity contribution in [2.24, 2.45) is 0 Å². The minimum absolute atomic E-state index is 0.0777. The van der Waals surface area contributed by atoms with Crippen molar-refractivity contribution in [3.05, 3.63) is 70.6 Å². The average molecular weight is 421 g/mol. The Bertz CT molecular complexity index is 1110. The molecule has 7 nitrogen and oxygen atoms in total. The topological polar surface area (TPSA) is 97.4 Å². The number of carbonyl (C=O) groups is 3. The van der Waals surface area contributed by atoms with Crippen molar-refractivity contribution in [1.29, 1.82) is 0 Å². The van der Waals surface area contributed by atoms with Crippen LogP contribution in [-0.2, 0) is 27.3 Å². The fourth-order valence-corrected chi connectivity index (χ4v) is 3.87. The number of hydrogen-bond donors (Lipinski definition) is 2. The van der Waals surface area contributed by atoms with Crippen LogP contribution >= 0.6 is 11.3 Å². The number of amides is 2. The third-order valence-corrected chi connectivity index (χ3v) is 5.47. The van der Waals surface area contributed by atoms with Crippen molar-refractivity contribution < 1.29 is 19.1 Å². The molecule has 2 amide bonds. The van der Waals surface area contributed by atoms with Crippen LogP contribution in [0.4, 0.5) is 5.13 Å². The van der Waals surface area contributed by atoms with Crippen LogP contribution in [0.25, 0.3) is 11.3 Å². The maximum Gasteiger partial charge on any atom is 0.339 e. The van der Waals surface area contributed by atoms with Gasteiger partial charge in [-0.25, -0.2) is 9.78 Å². The average Bonchev–Trinajstić information content (AvgIpc) is 3.21. The van der Waals surface area contributed by atoms with E-state index in [-0.39, 0.29) is 5.91 Å². The standard InChI is InChI=1S/C22H19N3O4S/c1-13(26)23-11-14-6-8-15(9-7-14)18-12-30-22(24-18)25-20(27)19-10-16-4-2-3-5-17(16)21(28)29-19/h2-9,12,19H,10-11H2,1H3,(H,23,26)(H,24,25,27). The van der Waals surface area contributed by atoms with Crippen LogP contribution in [0, 0.1) is 0 Å². The number of aromatic nitrogens is 1. The number of anilines is 1. The highest BCUT2D eigenvalue weighted by atomic mass is 32.1. The van der Waals surface area contributed by atoms with Crippen LogP contribution < -0.4 is 10.6 Å².